The summed E-state index contributed by atoms with van der Waals surface area (Å²) in [5.74, 6) is 0.699. The number of aromatic nitrogens is 3. The van der Waals surface area contributed by atoms with Crippen molar-refractivity contribution in [2.45, 2.75) is 27.3 Å². The number of hydrogen-bond acceptors (Lipinski definition) is 7. The number of nitrogens with zero attached hydrogens (tertiary/aromatic N) is 5. The number of rotatable bonds is 6. The van der Waals surface area contributed by atoms with E-state index in [9.17, 15) is 9.59 Å². The van der Waals surface area contributed by atoms with Crippen LogP contribution >= 0.6 is 11.3 Å². The Morgan fingerprint density at radius 1 is 0.972 bits per heavy atom. The van der Waals surface area contributed by atoms with Crippen molar-refractivity contribution in [2.75, 3.05) is 32.8 Å². The fourth-order valence-corrected chi connectivity index (χ4v) is 5.10. The van der Waals surface area contributed by atoms with Gasteiger partial charge in [0.1, 0.15) is 10.8 Å². The van der Waals surface area contributed by atoms with E-state index in [2.05, 4.69) is 10.00 Å². The molecule has 0 atom stereocenters. The molecule has 1 saturated heterocycles. The molecule has 186 valence electrons. The zero-order chi connectivity index (χ0) is 25.2. The minimum absolute atomic E-state index is 0.0148. The molecule has 2 aromatic carbocycles. The van der Waals surface area contributed by atoms with Crippen LogP contribution in [0.4, 0.5) is 0 Å². The van der Waals surface area contributed by atoms with E-state index in [-0.39, 0.29) is 18.1 Å². The first-order valence-corrected chi connectivity index (χ1v) is 12.8. The van der Waals surface area contributed by atoms with Crippen LogP contribution in [-0.4, -0.2) is 63.1 Å². The van der Waals surface area contributed by atoms with Crippen molar-refractivity contribution in [1.29, 1.82) is 0 Å². The molecule has 0 radical (unpaired) electrons. The van der Waals surface area contributed by atoms with Crippen LogP contribution in [-0.2, 0) is 11.3 Å². The summed E-state index contributed by atoms with van der Waals surface area (Å²) in [5, 5.41) is 5.24. The van der Waals surface area contributed by atoms with Crippen molar-refractivity contribution >= 4 is 22.2 Å². The molecule has 0 aliphatic carbocycles. The molecule has 1 fully saturated rings. The van der Waals surface area contributed by atoms with Gasteiger partial charge in [-0.25, -0.2) is 4.98 Å². The highest BCUT2D eigenvalue weighted by Gasteiger charge is 2.22. The van der Waals surface area contributed by atoms with Crippen LogP contribution in [0.5, 0.6) is 5.75 Å². The highest BCUT2D eigenvalue weighted by molar-refractivity contribution is 7.19. The molecule has 36 heavy (non-hydrogen) atoms. The highest BCUT2D eigenvalue weighted by atomic mass is 32.1. The van der Waals surface area contributed by atoms with Crippen molar-refractivity contribution in [3.63, 3.8) is 0 Å². The van der Waals surface area contributed by atoms with E-state index in [1.807, 2.05) is 68.1 Å². The second kappa shape index (κ2) is 10.2. The summed E-state index contributed by atoms with van der Waals surface area (Å²) in [7, 11) is 0. The number of fused-ring (bicyclic) bond motifs is 1. The number of carbonyl (C=O) groups excluding carboxylic acids is 1. The molecule has 0 spiro atoms. The molecule has 5 rings (SSSR count). The van der Waals surface area contributed by atoms with Gasteiger partial charge in [0.05, 0.1) is 5.69 Å². The topological polar surface area (TPSA) is 80.0 Å². The van der Waals surface area contributed by atoms with Gasteiger partial charge in [-0.15, -0.1) is 0 Å². The number of carbonyl (C=O) groups is 1. The quantitative estimate of drug-likeness (QED) is 0.401. The average molecular weight is 504 g/mol. The summed E-state index contributed by atoms with van der Waals surface area (Å²) in [6, 6.07) is 15.5. The van der Waals surface area contributed by atoms with Crippen molar-refractivity contribution in [3.8, 4) is 16.3 Å². The van der Waals surface area contributed by atoms with Crippen molar-refractivity contribution in [3.05, 3.63) is 81.3 Å². The van der Waals surface area contributed by atoms with Crippen molar-refractivity contribution in [1.82, 2.24) is 24.4 Å². The molecule has 9 heteroatoms. The van der Waals surface area contributed by atoms with Gasteiger partial charge < -0.3 is 9.64 Å². The molecular formula is C27H29N5O3S. The lowest BCUT2D eigenvalue weighted by Crippen LogP contribution is -2.49. The van der Waals surface area contributed by atoms with Gasteiger partial charge in [-0.1, -0.05) is 47.2 Å². The highest BCUT2D eigenvalue weighted by Crippen LogP contribution is 2.24. The molecule has 8 nitrogen and oxygen atoms in total. The fourth-order valence-electron chi connectivity index (χ4n) is 4.17. The zero-order valence-corrected chi connectivity index (χ0v) is 21.5. The van der Waals surface area contributed by atoms with Gasteiger partial charge >= 0.3 is 0 Å². The third-order valence-electron chi connectivity index (χ3n) is 6.55. The lowest BCUT2D eigenvalue weighted by Gasteiger charge is -2.34. The normalized spacial score (nSPS) is 14.4. The maximum atomic E-state index is 12.7. The van der Waals surface area contributed by atoms with E-state index in [0.29, 0.717) is 43.4 Å². The Bertz CT molecular complexity index is 1450. The molecule has 2 aromatic heterocycles. The van der Waals surface area contributed by atoms with Crippen LogP contribution in [0, 0.1) is 20.8 Å². The van der Waals surface area contributed by atoms with Crippen LogP contribution in [0.25, 0.3) is 15.5 Å². The van der Waals surface area contributed by atoms with Gasteiger partial charge in [-0.2, -0.15) is 9.61 Å². The van der Waals surface area contributed by atoms with Gasteiger partial charge in [-0.3, -0.25) is 14.5 Å². The van der Waals surface area contributed by atoms with Crippen molar-refractivity contribution in [2.24, 2.45) is 0 Å². The van der Waals surface area contributed by atoms with E-state index in [0.717, 1.165) is 21.8 Å². The summed E-state index contributed by atoms with van der Waals surface area (Å²) in [5.41, 5.74) is 5.03. The third kappa shape index (κ3) is 5.32. The van der Waals surface area contributed by atoms with Gasteiger partial charge in [0, 0.05) is 44.4 Å². The Kier molecular flexibility index (Phi) is 6.84. The summed E-state index contributed by atoms with van der Waals surface area (Å²) in [6.45, 7) is 9.38. The molecule has 3 heterocycles. The SMILES string of the molecule is Cc1ccc(-c2nn3c(=O)cc(CN4CCN(C(=O)COc5ccc(C)c(C)c5)CC4)nc3s2)cc1. The molecule has 0 bridgehead atoms. The second-order valence-electron chi connectivity index (χ2n) is 9.25. The summed E-state index contributed by atoms with van der Waals surface area (Å²) in [6.07, 6.45) is 0. The molecule has 4 aromatic rings. The van der Waals surface area contributed by atoms with E-state index in [1.165, 1.54) is 27.0 Å². The predicted octanol–water partition coefficient (Wildman–Crippen LogP) is 3.47. The minimum Gasteiger partial charge on any atom is -0.484 e. The number of ether oxygens (including phenoxy) is 1. The van der Waals surface area contributed by atoms with Gasteiger partial charge in [0.2, 0.25) is 4.96 Å². The standard InChI is InChI=1S/C27H29N5O3S/c1-18-4-7-21(8-5-18)26-29-32-24(33)15-22(28-27(32)36-26)16-30-10-12-31(13-11-30)25(34)17-35-23-9-6-19(2)20(3)14-23/h4-9,14-15H,10-13,16-17H2,1-3H3. The number of hydrogen-bond donors (Lipinski definition) is 0. The fraction of sp³-hybridized carbons (Fsp3) is 0.333. The molecule has 1 aliphatic rings. The van der Waals surface area contributed by atoms with Crippen LogP contribution in [0.2, 0.25) is 0 Å². The van der Waals surface area contributed by atoms with Gasteiger partial charge in [0.15, 0.2) is 6.61 Å². The Balaban J connectivity index is 1.18. The monoisotopic (exact) mass is 503 g/mol. The number of aryl methyl sites for hydroxylation is 3. The first-order chi connectivity index (χ1) is 17.4. The first kappa shape index (κ1) is 24.1. The van der Waals surface area contributed by atoms with Crippen LogP contribution in [0.15, 0.2) is 53.3 Å². The number of amides is 1. The van der Waals surface area contributed by atoms with E-state index < -0.39 is 0 Å². The lowest BCUT2D eigenvalue weighted by atomic mass is 10.1. The smallest absolute Gasteiger partial charge is 0.275 e. The average Bonchev–Trinajstić information content (AvgIpc) is 3.30. The molecule has 1 aliphatic heterocycles. The summed E-state index contributed by atoms with van der Waals surface area (Å²) >= 11 is 1.41. The number of piperazine rings is 1. The van der Waals surface area contributed by atoms with E-state index in [4.69, 9.17) is 9.72 Å². The molecular weight excluding hydrogens is 474 g/mol. The summed E-state index contributed by atoms with van der Waals surface area (Å²) < 4.78 is 7.09. The first-order valence-electron chi connectivity index (χ1n) is 12.0. The largest absolute Gasteiger partial charge is 0.484 e. The molecule has 1 amide bonds. The van der Waals surface area contributed by atoms with E-state index in [1.54, 1.807) is 6.07 Å². The van der Waals surface area contributed by atoms with Gasteiger partial charge in [-0.05, 0) is 44.0 Å². The van der Waals surface area contributed by atoms with Gasteiger partial charge in [0.25, 0.3) is 11.5 Å². The Labute approximate surface area is 213 Å². The summed E-state index contributed by atoms with van der Waals surface area (Å²) in [4.78, 5) is 34.7. The van der Waals surface area contributed by atoms with Crippen LogP contribution < -0.4 is 10.3 Å². The Morgan fingerprint density at radius 2 is 1.72 bits per heavy atom. The Hall–Kier alpha value is -3.56. The molecule has 0 saturated carbocycles. The zero-order valence-electron chi connectivity index (χ0n) is 20.7. The Morgan fingerprint density at radius 3 is 2.44 bits per heavy atom. The number of benzene rings is 2. The second-order valence-corrected chi connectivity index (χ2v) is 10.2. The van der Waals surface area contributed by atoms with E-state index >= 15 is 0 Å². The molecule has 0 unspecified atom stereocenters. The van der Waals surface area contributed by atoms with Crippen LogP contribution in [0.3, 0.4) is 0 Å². The van der Waals surface area contributed by atoms with Crippen molar-refractivity contribution < 1.29 is 9.53 Å². The van der Waals surface area contributed by atoms with Crippen LogP contribution in [0.1, 0.15) is 22.4 Å². The maximum absolute atomic E-state index is 12.7. The predicted molar refractivity (Wildman–Crippen MR) is 141 cm³/mol. The minimum atomic E-state index is -0.179. The maximum Gasteiger partial charge on any atom is 0.275 e. The third-order valence-corrected chi connectivity index (χ3v) is 7.51. The lowest BCUT2D eigenvalue weighted by molar-refractivity contribution is -0.135. The molecule has 0 N–H and O–H groups in total.